The van der Waals surface area contributed by atoms with Crippen molar-refractivity contribution >= 4 is 23.3 Å². The zero-order chi connectivity index (χ0) is 15.5. The Morgan fingerprint density at radius 3 is 3.05 bits per heavy atom. The maximum atomic E-state index is 12.5. The van der Waals surface area contributed by atoms with E-state index in [-0.39, 0.29) is 12.0 Å². The molecule has 1 aliphatic heterocycles. The van der Waals surface area contributed by atoms with Crippen LogP contribution in [0.5, 0.6) is 0 Å². The number of aromatic nitrogens is 3. The van der Waals surface area contributed by atoms with Gasteiger partial charge in [0.25, 0.3) is 0 Å². The number of allylic oxidation sites excluding steroid dienone is 1. The number of nitrogens with one attached hydrogen (secondary N) is 1. The van der Waals surface area contributed by atoms with Crippen molar-refractivity contribution in [3.05, 3.63) is 40.0 Å². The van der Waals surface area contributed by atoms with Crippen LogP contribution >= 0.6 is 11.3 Å². The summed E-state index contributed by atoms with van der Waals surface area (Å²) in [5, 5.41) is 9.52. The highest BCUT2D eigenvalue weighted by atomic mass is 32.1. The number of fused-ring (bicyclic) bond motifs is 1. The first-order chi connectivity index (χ1) is 10.8. The molecule has 0 spiro atoms. The number of esters is 1. The fourth-order valence-corrected chi connectivity index (χ4v) is 3.44. The molecule has 116 valence electrons. The number of hydrogen-bond acceptors (Lipinski definition) is 6. The van der Waals surface area contributed by atoms with Gasteiger partial charge in [-0.1, -0.05) is 19.4 Å². The fraction of sp³-hybridized carbons (Fsp3) is 0.400. The van der Waals surface area contributed by atoms with Crippen LogP contribution in [-0.4, -0.2) is 27.3 Å². The average molecular weight is 318 g/mol. The molecule has 1 N–H and O–H groups in total. The molecule has 0 aromatic carbocycles. The summed E-state index contributed by atoms with van der Waals surface area (Å²) in [4.78, 5) is 17.8. The summed E-state index contributed by atoms with van der Waals surface area (Å²) in [5.74, 6) is 0.368. The minimum Gasteiger partial charge on any atom is -0.463 e. The quantitative estimate of drug-likeness (QED) is 0.858. The van der Waals surface area contributed by atoms with Gasteiger partial charge in [-0.05, 0) is 24.8 Å². The Kier molecular flexibility index (Phi) is 4.24. The topological polar surface area (TPSA) is 69.0 Å². The fourth-order valence-electron chi connectivity index (χ4n) is 2.62. The monoisotopic (exact) mass is 318 g/mol. The molecule has 0 radical (unpaired) electrons. The van der Waals surface area contributed by atoms with E-state index in [4.69, 9.17) is 4.74 Å². The first-order valence-corrected chi connectivity index (χ1v) is 8.24. The van der Waals surface area contributed by atoms with Crippen molar-refractivity contribution < 1.29 is 9.53 Å². The van der Waals surface area contributed by atoms with Crippen LogP contribution in [0.4, 0.5) is 5.95 Å². The molecule has 0 saturated heterocycles. The summed E-state index contributed by atoms with van der Waals surface area (Å²) in [6.07, 6.45) is 3.19. The molecule has 6 nitrogen and oxygen atoms in total. The lowest BCUT2D eigenvalue weighted by Crippen LogP contribution is -2.30. The first kappa shape index (κ1) is 14.8. The Balaban J connectivity index is 2.13. The van der Waals surface area contributed by atoms with Gasteiger partial charge in [-0.2, -0.15) is 10.1 Å². The van der Waals surface area contributed by atoms with Gasteiger partial charge in [0.1, 0.15) is 12.4 Å². The van der Waals surface area contributed by atoms with Gasteiger partial charge in [0.15, 0.2) is 0 Å². The molecular formula is C15H18N4O2S. The normalized spacial score (nSPS) is 17.1. The largest absolute Gasteiger partial charge is 0.463 e. The van der Waals surface area contributed by atoms with Crippen molar-refractivity contribution in [3.8, 4) is 0 Å². The number of ether oxygens (including phenoxy) is 1. The third-order valence-corrected chi connectivity index (χ3v) is 4.41. The zero-order valence-electron chi connectivity index (χ0n) is 12.6. The molecule has 0 saturated carbocycles. The van der Waals surface area contributed by atoms with E-state index in [0.717, 1.165) is 23.4 Å². The summed E-state index contributed by atoms with van der Waals surface area (Å²) in [6, 6.07) is 3.70. The van der Waals surface area contributed by atoms with Crippen LogP contribution in [0.15, 0.2) is 35.1 Å². The summed E-state index contributed by atoms with van der Waals surface area (Å²) >= 11 is 1.60. The zero-order valence-corrected chi connectivity index (χ0v) is 13.4. The van der Waals surface area contributed by atoms with E-state index in [1.807, 2.05) is 24.4 Å². The summed E-state index contributed by atoms with van der Waals surface area (Å²) in [5.41, 5.74) is 1.50. The standard InChI is InChI=1S/C15H18N4O2S/c1-3-6-10-12(14(20)21-4-2)13(11-7-5-8-22-11)19-15(18-10)16-9-17-19/h5,7-9,13H,3-4,6H2,1-2H3,(H,16,17,18)/t13-/m0/s1. The Bertz CT molecular complexity index is 690. The third kappa shape index (κ3) is 2.52. The second kappa shape index (κ2) is 6.31. The number of thiophene rings is 1. The molecule has 2 aromatic rings. The highest BCUT2D eigenvalue weighted by Gasteiger charge is 2.35. The lowest BCUT2D eigenvalue weighted by atomic mass is 9.99. The molecule has 0 fully saturated rings. The average Bonchev–Trinajstić information content (AvgIpc) is 3.17. The van der Waals surface area contributed by atoms with Crippen LogP contribution in [0.3, 0.4) is 0 Å². The Hall–Kier alpha value is -2.15. The van der Waals surface area contributed by atoms with Crippen LogP contribution in [0.2, 0.25) is 0 Å². The van der Waals surface area contributed by atoms with E-state index < -0.39 is 0 Å². The second-order valence-electron chi connectivity index (χ2n) is 4.93. The Morgan fingerprint density at radius 1 is 1.50 bits per heavy atom. The van der Waals surface area contributed by atoms with E-state index in [0.29, 0.717) is 18.1 Å². The van der Waals surface area contributed by atoms with Crippen molar-refractivity contribution in [2.45, 2.75) is 32.7 Å². The highest BCUT2D eigenvalue weighted by molar-refractivity contribution is 7.10. The van der Waals surface area contributed by atoms with Gasteiger partial charge in [0, 0.05) is 10.6 Å². The number of nitrogens with zero attached hydrogens (tertiary/aromatic N) is 3. The van der Waals surface area contributed by atoms with Crippen molar-refractivity contribution in [2.75, 3.05) is 11.9 Å². The maximum Gasteiger partial charge on any atom is 0.338 e. The molecule has 0 aliphatic carbocycles. The predicted molar refractivity (Wildman–Crippen MR) is 84.7 cm³/mol. The predicted octanol–water partition coefficient (Wildman–Crippen LogP) is 2.97. The molecule has 0 bridgehead atoms. The van der Waals surface area contributed by atoms with Crippen molar-refractivity contribution in [3.63, 3.8) is 0 Å². The number of hydrogen-bond donors (Lipinski definition) is 1. The van der Waals surface area contributed by atoms with Crippen LogP contribution in [0, 0.1) is 0 Å². The molecule has 0 unspecified atom stereocenters. The van der Waals surface area contributed by atoms with Crippen LogP contribution in [0.25, 0.3) is 0 Å². The van der Waals surface area contributed by atoms with Crippen molar-refractivity contribution in [1.82, 2.24) is 14.8 Å². The number of carbonyl (C=O) groups is 1. The maximum absolute atomic E-state index is 12.5. The number of anilines is 1. The molecule has 7 heteroatoms. The number of rotatable bonds is 5. The van der Waals surface area contributed by atoms with Gasteiger partial charge in [-0.15, -0.1) is 11.3 Å². The first-order valence-electron chi connectivity index (χ1n) is 7.36. The third-order valence-electron chi connectivity index (χ3n) is 3.49. The lowest BCUT2D eigenvalue weighted by Gasteiger charge is -2.28. The molecule has 0 amide bonds. The van der Waals surface area contributed by atoms with Crippen LogP contribution in [-0.2, 0) is 9.53 Å². The molecular weight excluding hydrogens is 300 g/mol. The van der Waals surface area contributed by atoms with E-state index in [1.54, 1.807) is 16.0 Å². The van der Waals surface area contributed by atoms with Crippen LogP contribution < -0.4 is 5.32 Å². The van der Waals surface area contributed by atoms with E-state index in [9.17, 15) is 4.79 Å². The highest BCUT2D eigenvalue weighted by Crippen LogP contribution is 2.38. The van der Waals surface area contributed by atoms with Crippen molar-refractivity contribution in [2.24, 2.45) is 0 Å². The summed E-state index contributed by atoms with van der Waals surface area (Å²) in [7, 11) is 0. The minimum absolute atomic E-state index is 0.278. The van der Waals surface area contributed by atoms with Crippen molar-refractivity contribution in [1.29, 1.82) is 0 Å². The van der Waals surface area contributed by atoms with Gasteiger partial charge < -0.3 is 10.1 Å². The summed E-state index contributed by atoms with van der Waals surface area (Å²) < 4.78 is 7.03. The van der Waals surface area contributed by atoms with Crippen LogP contribution in [0.1, 0.15) is 37.6 Å². The summed E-state index contributed by atoms with van der Waals surface area (Å²) in [6.45, 7) is 4.25. The number of carbonyl (C=O) groups excluding carboxylic acids is 1. The molecule has 1 aliphatic rings. The second-order valence-corrected chi connectivity index (χ2v) is 5.91. The van der Waals surface area contributed by atoms with Gasteiger partial charge >= 0.3 is 5.97 Å². The SMILES string of the molecule is CCCC1=C(C(=O)OCC)[C@H](c2cccs2)n2ncnc2N1. The lowest BCUT2D eigenvalue weighted by molar-refractivity contribution is -0.139. The molecule has 22 heavy (non-hydrogen) atoms. The molecule has 3 rings (SSSR count). The molecule has 3 heterocycles. The van der Waals surface area contributed by atoms with E-state index in [2.05, 4.69) is 22.3 Å². The van der Waals surface area contributed by atoms with E-state index in [1.165, 1.54) is 6.33 Å². The van der Waals surface area contributed by atoms with Gasteiger partial charge in [-0.3, -0.25) is 0 Å². The van der Waals surface area contributed by atoms with Gasteiger partial charge in [0.05, 0.1) is 12.2 Å². The minimum atomic E-state index is -0.294. The van der Waals surface area contributed by atoms with Gasteiger partial charge in [-0.25, -0.2) is 9.48 Å². The Morgan fingerprint density at radius 2 is 2.36 bits per heavy atom. The Labute approximate surface area is 132 Å². The molecule has 2 aromatic heterocycles. The molecule has 1 atom stereocenters. The van der Waals surface area contributed by atoms with E-state index >= 15 is 0 Å². The smallest absolute Gasteiger partial charge is 0.338 e. The van der Waals surface area contributed by atoms with Gasteiger partial charge in [0.2, 0.25) is 5.95 Å².